The molecule has 0 aromatic heterocycles. The molecular formula is C19H19ClN2O3. The number of benzene rings is 2. The first-order valence-corrected chi connectivity index (χ1v) is 8.21. The van der Waals surface area contributed by atoms with Crippen LogP contribution in [0.1, 0.15) is 34.3 Å². The molecule has 0 bridgehead atoms. The van der Waals surface area contributed by atoms with Crippen molar-refractivity contribution in [2.45, 2.75) is 12.8 Å². The fraction of sp³-hybridized carbons (Fsp3) is 0.158. The van der Waals surface area contributed by atoms with Crippen molar-refractivity contribution < 1.29 is 14.8 Å². The van der Waals surface area contributed by atoms with Gasteiger partial charge in [0.05, 0.1) is 0 Å². The fourth-order valence-corrected chi connectivity index (χ4v) is 2.25. The van der Waals surface area contributed by atoms with E-state index >= 15 is 0 Å². The molecule has 0 unspecified atom stereocenters. The standard InChI is InChI=1S/C19H19ClN2O3/c20-17-11-7-15(8-12-17)4-3-14-5-9-16(10-6-14)19(24)21-13-1-2-18(23)22-25/h3-12,25H,1-2,13H2,(H,21,24)(H,22,23). The van der Waals surface area contributed by atoms with E-state index in [1.807, 2.05) is 48.6 Å². The van der Waals surface area contributed by atoms with E-state index in [0.29, 0.717) is 23.6 Å². The Morgan fingerprint density at radius 1 is 0.960 bits per heavy atom. The zero-order valence-electron chi connectivity index (χ0n) is 13.5. The van der Waals surface area contributed by atoms with Crippen molar-refractivity contribution in [3.63, 3.8) is 0 Å². The molecule has 2 aromatic rings. The number of rotatable bonds is 7. The summed E-state index contributed by atoms with van der Waals surface area (Å²) in [4.78, 5) is 22.8. The van der Waals surface area contributed by atoms with Gasteiger partial charge in [-0.05, 0) is 41.8 Å². The average molecular weight is 359 g/mol. The molecule has 0 aliphatic rings. The first-order chi connectivity index (χ1) is 12.1. The van der Waals surface area contributed by atoms with E-state index in [1.54, 1.807) is 17.6 Å². The lowest BCUT2D eigenvalue weighted by Gasteiger charge is -2.05. The maximum atomic E-state index is 12.0. The molecule has 0 atom stereocenters. The Bertz CT molecular complexity index is 740. The van der Waals surface area contributed by atoms with E-state index in [0.717, 1.165) is 11.1 Å². The minimum atomic E-state index is -0.467. The first-order valence-electron chi connectivity index (χ1n) is 7.83. The van der Waals surface area contributed by atoms with Gasteiger partial charge in [-0.1, -0.05) is 48.0 Å². The van der Waals surface area contributed by atoms with Gasteiger partial charge in [0.1, 0.15) is 0 Å². The largest absolute Gasteiger partial charge is 0.352 e. The van der Waals surface area contributed by atoms with Crippen LogP contribution >= 0.6 is 11.6 Å². The van der Waals surface area contributed by atoms with E-state index in [-0.39, 0.29) is 12.3 Å². The molecule has 3 N–H and O–H groups in total. The number of hydrogen-bond acceptors (Lipinski definition) is 3. The van der Waals surface area contributed by atoms with Gasteiger partial charge in [0, 0.05) is 23.6 Å². The lowest BCUT2D eigenvalue weighted by Crippen LogP contribution is -2.26. The molecule has 5 nitrogen and oxygen atoms in total. The van der Waals surface area contributed by atoms with Crippen molar-refractivity contribution in [2.75, 3.05) is 6.54 Å². The Labute approximate surface area is 151 Å². The third-order valence-electron chi connectivity index (χ3n) is 3.50. The summed E-state index contributed by atoms with van der Waals surface area (Å²) in [5.74, 6) is -0.663. The van der Waals surface area contributed by atoms with Crippen molar-refractivity contribution in [2.24, 2.45) is 0 Å². The van der Waals surface area contributed by atoms with Crippen LogP contribution in [-0.2, 0) is 4.79 Å². The summed E-state index contributed by atoms with van der Waals surface area (Å²) >= 11 is 5.85. The molecule has 25 heavy (non-hydrogen) atoms. The Kier molecular flexibility index (Phi) is 7.19. The summed E-state index contributed by atoms with van der Waals surface area (Å²) in [6, 6.07) is 14.7. The number of hydrogen-bond donors (Lipinski definition) is 3. The molecule has 0 radical (unpaired) electrons. The molecule has 6 heteroatoms. The lowest BCUT2D eigenvalue weighted by molar-refractivity contribution is -0.129. The van der Waals surface area contributed by atoms with Crippen LogP contribution in [0.15, 0.2) is 48.5 Å². The van der Waals surface area contributed by atoms with Crippen LogP contribution in [0, 0.1) is 0 Å². The molecule has 0 aliphatic heterocycles. The van der Waals surface area contributed by atoms with Crippen LogP contribution in [0.5, 0.6) is 0 Å². The molecule has 2 amide bonds. The monoisotopic (exact) mass is 358 g/mol. The number of amides is 2. The van der Waals surface area contributed by atoms with Gasteiger partial charge in [-0.2, -0.15) is 0 Å². The zero-order chi connectivity index (χ0) is 18.1. The number of carbonyl (C=O) groups is 2. The number of nitrogens with one attached hydrogen (secondary N) is 2. The van der Waals surface area contributed by atoms with Crippen molar-refractivity contribution in [1.82, 2.24) is 10.8 Å². The maximum absolute atomic E-state index is 12.0. The Hall–Kier alpha value is -2.63. The van der Waals surface area contributed by atoms with Gasteiger partial charge in [0.15, 0.2) is 0 Å². The van der Waals surface area contributed by atoms with E-state index in [1.165, 1.54) is 0 Å². The van der Waals surface area contributed by atoms with Crippen LogP contribution in [0.4, 0.5) is 0 Å². The molecule has 0 fully saturated rings. The second-order valence-electron chi connectivity index (χ2n) is 5.40. The molecule has 0 aliphatic carbocycles. The minimum absolute atomic E-state index is 0.158. The highest BCUT2D eigenvalue weighted by Crippen LogP contribution is 2.13. The fourth-order valence-electron chi connectivity index (χ4n) is 2.12. The topological polar surface area (TPSA) is 78.4 Å². The van der Waals surface area contributed by atoms with Crippen LogP contribution < -0.4 is 10.8 Å². The highest BCUT2D eigenvalue weighted by atomic mass is 35.5. The van der Waals surface area contributed by atoms with Gasteiger partial charge in [-0.25, -0.2) is 5.48 Å². The molecule has 2 aromatic carbocycles. The molecule has 0 heterocycles. The third kappa shape index (κ3) is 6.41. The Morgan fingerprint density at radius 2 is 1.52 bits per heavy atom. The van der Waals surface area contributed by atoms with E-state index < -0.39 is 5.91 Å². The molecule has 0 spiro atoms. The number of halogens is 1. The molecule has 0 saturated heterocycles. The quantitative estimate of drug-likeness (QED) is 0.306. The highest BCUT2D eigenvalue weighted by Gasteiger charge is 2.05. The summed E-state index contributed by atoms with van der Waals surface area (Å²) < 4.78 is 0. The van der Waals surface area contributed by atoms with Gasteiger partial charge >= 0.3 is 0 Å². The summed E-state index contributed by atoms with van der Waals surface area (Å²) in [6.07, 6.45) is 4.54. The van der Waals surface area contributed by atoms with Gasteiger partial charge in [-0.15, -0.1) is 0 Å². The highest BCUT2D eigenvalue weighted by molar-refractivity contribution is 6.30. The van der Waals surface area contributed by atoms with Crippen LogP contribution in [0.25, 0.3) is 12.2 Å². The maximum Gasteiger partial charge on any atom is 0.251 e. The predicted octanol–water partition coefficient (Wildman–Crippen LogP) is 3.53. The van der Waals surface area contributed by atoms with E-state index in [9.17, 15) is 9.59 Å². The van der Waals surface area contributed by atoms with Gasteiger partial charge in [-0.3, -0.25) is 14.8 Å². The SMILES string of the molecule is O=C(CCCNC(=O)c1ccc(C=Cc2ccc(Cl)cc2)cc1)NO. The van der Waals surface area contributed by atoms with Crippen LogP contribution in [-0.4, -0.2) is 23.6 Å². The van der Waals surface area contributed by atoms with Crippen molar-refractivity contribution >= 4 is 35.6 Å². The van der Waals surface area contributed by atoms with Gasteiger partial charge in [0.25, 0.3) is 5.91 Å². The molecule has 2 rings (SSSR count). The van der Waals surface area contributed by atoms with Crippen LogP contribution in [0.3, 0.4) is 0 Å². The summed E-state index contributed by atoms with van der Waals surface area (Å²) in [5, 5.41) is 11.8. The van der Waals surface area contributed by atoms with Crippen molar-refractivity contribution in [3.8, 4) is 0 Å². The Morgan fingerprint density at radius 3 is 2.08 bits per heavy atom. The molecule has 0 saturated carbocycles. The van der Waals surface area contributed by atoms with E-state index in [4.69, 9.17) is 16.8 Å². The van der Waals surface area contributed by atoms with Crippen LogP contribution in [0.2, 0.25) is 5.02 Å². The normalized spacial score (nSPS) is 10.6. The summed E-state index contributed by atoms with van der Waals surface area (Å²) in [6.45, 7) is 0.366. The van der Waals surface area contributed by atoms with Crippen molar-refractivity contribution in [3.05, 3.63) is 70.2 Å². The Balaban J connectivity index is 1.85. The number of hydroxylamine groups is 1. The third-order valence-corrected chi connectivity index (χ3v) is 3.75. The zero-order valence-corrected chi connectivity index (χ0v) is 14.3. The van der Waals surface area contributed by atoms with Gasteiger partial charge < -0.3 is 5.32 Å². The predicted molar refractivity (Wildman–Crippen MR) is 98.3 cm³/mol. The second-order valence-corrected chi connectivity index (χ2v) is 5.84. The van der Waals surface area contributed by atoms with Crippen molar-refractivity contribution in [1.29, 1.82) is 0 Å². The summed E-state index contributed by atoms with van der Waals surface area (Å²) in [5.41, 5.74) is 4.12. The molecule has 130 valence electrons. The van der Waals surface area contributed by atoms with E-state index in [2.05, 4.69) is 5.32 Å². The summed E-state index contributed by atoms with van der Waals surface area (Å²) in [7, 11) is 0. The molecular weight excluding hydrogens is 340 g/mol. The lowest BCUT2D eigenvalue weighted by atomic mass is 10.1. The van der Waals surface area contributed by atoms with Gasteiger partial charge in [0.2, 0.25) is 5.91 Å². The first kappa shape index (κ1) is 18.7. The number of carbonyl (C=O) groups excluding carboxylic acids is 2. The minimum Gasteiger partial charge on any atom is -0.352 e. The second kappa shape index (κ2) is 9.61. The average Bonchev–Trinajstić information content (AvgIpc) is 2.64. The smallest absolute Gasteiger partial charge is 0.251 e.